The van der Waals surface area contributed by atoms with E-state index in [1.165, 1.54) is 0 Å². The standard InChI is InChI=1S/C17H20N2OS/c1-3-8-18-14(10-17-19-12(2)11-21-17)16-9-13-6-4-5-7-15(13)20-16/h4-7,9,11,14,18H,3,8,10H2,1-2H3. The number of benzene rings is 1. The van der Waals surface area contributed by atoms with E-state index in [1.807, 2.05) is 25.1 Å². The summed E-state index contributed by atoms with van der Waals surface area (Å²) in [6.07, 6.45) is 1.98. The summed E-state index contributed by atoms with van der Waals surface area (Å²) >= 11 is 1.72. The average Bonchev–Trinajstić information content (AvgIpc) is 3.09. The van der Waals surface area contributed by atoms with E-state index in [4.69, 9.17) is 4.42 Å². The maximum atomic E-state index is 6.02. The van der Waals surface area contributed by atoms with E-state index in [0.29, 0.717) is 0 Å². The fourth-order valence-corrected chi connectivity index (χ4v) is 3.26. The second-order valence-electron chi connectivity index (χ2n) is 5.28. The van der Waals surface area contributed by atoms with Crippen LogP contribution in [0.2, 0.25) is 0 Å². The molecule has 3 nitrogen and oxygen atoms in total. The summed E-state index contributed by atoms with van der Waals surface area (Å²) in [4.78, 5) is 4.57. The topological polar surface area (TPSA) is 38.1 Å². The molecule has 1 N–H and O–H groups in total. The van der Waals surface area contributed by atoms with Gasteiger partial charge in [0.1, 0.15) is 11.3 Å². The van der Waals surface area contributed by atoms with Crippen molar-refractivity contribution in [2.45, 2.75) is 32.7 Å². The second-order valence-corrected chi connectivity index (χ2v) is 6.22. The van der Waals surface area contributed by atoms with Gasteiger partial charge in [-0.3, -0.25) is 0 Å². The van der Waals surface area contributed by atoms with Crippen LogP contribution in [-0.2, 0) is 6.42 Å². The molecule has 0 radical (unpaired) electrons. The summed E-state index contributed by atoms with van der Waals surface area (Å²) in [6.45, 7) is 5.19. The fraction of sp³-hybridized carbons (Fsp3) is 0.353. The molecule has 4 heteroatoms. The SMILES string of the molecule is CCCNC(Cc1nc(C)cs1)c1cc2ccccc2o1. The summed E-state index contributed by atoms with van der Waals surface area (Å²) in [5, 5.41) is 7.99. The lowest BCUT2D eigenvalue weighted by Gasteiger charge is -2.14. The van der Waals surface area contributed by atoms with Crippen molar-refractivity contribution in [2.24, 2.45) is 0 Å². The van der Waals surface area contributed by atoms with E-state index < -0.39 is 0 Å². The van der Waals surface area contributed by atoms with Crippen LogP contribution in [0.25, 0.3) is 11.0 Å². The van der Waals surface area contributed by atoms with Crippen LogP contribution in [0.15, 0.2) is 40.1 Å². The van der Waals surface area contributed by atoms with Crippen molar-refractivity contribution in [3.63, 3.8) is 0 Å². The van der Waals surface area contributed by atoms with E-state index in [2.05, 4.69) is 34.7 Å². The Hall–Kier alpha value is -1.65. The summed E-state index contributed by atoms with van der Waals surface area (Å²) in [6, 6.07) is 10.5. The van der Waals surface area contributed by atoms with Crippen molar-refractivity contribution < 1.29 is 4.42 Å². The number of furan rings is 1. The fourth-order valence-electron chi connectivity index (χ4n) is 2.44. The normalized spacial score (nSPS) is 12.9. The molecule has 0 aliphatic carbocycles. The molecule has 0 spiro atoms. The van der Waals surface area contributed by atoms with Crippen molar-refractivity contribution in [2.75, 3.05) is 6.54 Å². The lowest BCUT2D eigenvalue weighted by atomic mass is 10.1. The molecule has 0 saturated heterocycles. The molecule has 1 aromatic carbocycles. The van der Waals surface area contributed by atoms with Crippen LogP contribution in [0.3, 0.4) is 0 Å². The molecule has 2 heterocycles. The van der Waals surface area contributed by atoms with Crippen molar-refractivity contribution in [3.8, 4) is 0 Å². The number of para-hydroxylation sites is 1. The molecule has 110 valence electrons. The minimum absolute atomic E-state index is 0.183. The number of hydrogen-bond donors (Lipinski definition) is 1. The van der Waals surface area contributed by atoms with E-state index in [0.717, 1.165) is 46.8 Å². The molecule has 0 bridgehead atoms. The van der Waals surface area contributed by atoms with Crippen LogP contribution >= 0.6 is 11.3 Å². The molecule has 3 rings (SSSR count). The first-order chi connectivity index (χ1) is 10.3. The maximum Gasteiger partial charge on any atom is 0.134 e. The van der Waals surface area contributed by atoms with Gasteiger partial charge in [0.05, 0.1) is 11.0 Å². The molecule has 1 atom stereocenters. The number of nitrogens with zero attached hydrogens (tertiary/aromatic N) is 1. The zero-order valence-electron chi connectivity index (χ0n) is 12.4. The van der Waals surface area contributed by atoms with Gasteiger partial charge in [-0.1, -0.05) is 25.1 Å². The zero-order chi connectivity index (χ0) is 14.7. The maximum absolute atomic E-state index is 6.02. The number of thiazole rings is 1. The van der Waals surface area contributed by atoms with Crippen LogP contribution in [0.5, 0.6) is 0 Å². The van der Waals surface area contributed by atoms with Gasteiger partial charge < -0.3 is 9.73 Å². The third-order valence-electron chi connectivity index (χ3n) is 3.47. The summed E-state index contributed by atoms with van der Waals surface area (Å²) in [5.74, 6) is 0.998. The van der Waals surface area contributed by atoms with Crippen LogP contribution < -0.4 is 5.32 Å². The number of hydrogen-bond acceptors (Lipinski definition) is 4. The summed E-state index contributed by atoms with van der Waals surface area (Å²) in [7, 11) is 0. The van der Waals surface area contributed by atoms with Gasteiger partial charge in [0.2, 0.25) is 0 Å². The van der Waals surface area contributed by atoms with Gasteiger partial charge in [0, 0.05) is 22.9 Å². The van der Waals surface area contributed by atoms with Crippen molar-refractivity contribution in [3.05, 3.63) is 52.2 Å². The molecule has 0 amide bonds. The quantitative estimate of drug-likeness (QED) is 0.729. The number of rotatable bonds is 6. The molecule has 0 aliphatic rings. The Balaban J connectivity index is 1.86. The molecule has 2 aromatic heterocycles. The Labute approximate surface area is 129 Å². The van der Waals surface area contributed by atoms with Gasteiger partial charge in [0.15, 0.2) is 0 Å². The van der Waals surface area contributed by atoms with Crippen LogP contribution in [0, 0.1) is 6.92 Å². The smallest absolute Gasteiger partial charge is 0.134 e. The van der Waals surface area contributed by atoms with Crippen LogP contribution in [0.1, 0.15) is 35.8 Å². The van der Waals surface area contributed by atoms with Gasteiger partial charge in [-0.25, -0.2) is 4.98 Å². The molecule has 21 heavy (non-hydrogen) atoms. The van der Waals surface area contributed by atoms with E-state index in [9.17, 15) is 0 Å². The molecule has 0 aliphatic heterocycles. The number of nitrogens with one attached hydrogen (secondary N) is 1. The van der Waals surface area contributed by atoms with Gasteiger partial charge in [-0.15, -0.1) is 11.3 Å². The Bertz CT molecular complexity index is 683. The Kier molecular flexibility index (Phi) is 4.36. The van der Waals surface area contributed by atoms with Gasteiger partial charge in [-0.2, -0.15) is 0 Å². The Morgan fingerprint density at radius 3 is 2.90 bits per heavy atom. The predicted octanol–water partition coefficient (Wildman–Crippen LogP) is 4.48. The lowest BCUT2D eigenvalue weighted by Crippen LogP contribution is -2.23. The number of aryl methyl sites for hydroxylation is 1. The summed E-state index contributed by atoms with van der Waals surface area (Å²) in [5.41, 5.74) is 2.04. The molecule has 0 saturated carbocycles. The van der Waals surface area contributed by atoms with Gasteiger partial charge in [0.25, 0.3) is 0 Å². The third-order valence-corrected chi connectivity index (χ3v) is 4.46. The minimum atomic E-state index is 0.183. The van der Waals surface area contributed by atoms with Crippen molar-refractivity contribution in [1.82, 2.24) is 10.3 Å². The molecule has 1 unspecified atom stereocenters. The average molecular weight is 300 g/mol. The highest BCUT2D eigenvalue weighted by Crippen LogP contribution is 2.27. The highest BCUT2D eigenvalue weighted by Gasteiger charge is 2.17. The molecule has 3 aromatic rings. The van der Waals surface area contributed by atoms with Crippen molar-refractivity contribution in [1.29, 1.82) is 0 Å². The van der Waals surface area contributed by atoms with Gasteiger partial charge in [-0.05, 0) is 32.0 Å². The first kappa shape index (κ1) is 14.3. The Morgan fingerprint density at radius 1 is 1.33 bits per heavy atom. The minimum Gasteiger partial charge on any atom is -0.459 e. The molecular formula is C17H20N2OS. The van der Waals surface area contributed by atoms with E-state index in [-0.39, 0.29) is 6.04 Å². The zero-order valence-corrected chi connectivity index (χ0v) is 13.2. The number of aromatic nitrogens is 1. The number of fused-ring (bicyclic) bond motifs is 1. The first-order valence-corrected chi connectivity index (χ1v) is 8.27. The van der Waals surface area contributed by atoms with Crippen molar-refractivity contribution >= 4 is 22.3 Å². The monoisotopic (exact) mass is 300 g/mol. The van der Waals surface area contributed by atoms with Crippen LogP contribution in [0.4, 0.5) is 0 Å². The van der Waals surface area contributed by atoms with Crippen LogP contribution in [-0.4, -0.2) is 11.5 Å². The second kappa shape index (κ2) is 6.41. The lowest BCUT2D eigenvalue weighted by molar-refractivity contribution is 0.427. The molecular weight excluding hydrogens is 280 g/mol. The third kappa shape index (κ3) is 3.34. The first-order valence-electron chi connectivity index (χ1n) is 7.39. The largest absolute Gasteiger partial charge is 0.459 e. The molecule has 0 fully saturated rings. The highest BCUT2D eigenvalue weighted by atomic mass is 32.1. The Morgan fingerprint density at radius 2 is 2.19 bits per heavy atom. The predicted molar refractivity (Wildman–Crippen MR) is 87.8 cm³/mol. The van der Waals surface area contributed by atoms with Gasteiger partial charge >= 0.3 is 0 Å². The van der Waals surface area contributed by atoms with E-state index in [1.54, 1.807) is 11.3 Å². The van der Waals surface area contributed by atoms with E-state index >= 15 is 0 Å². The summed E-state index contributed by atoms with van der Waals surface area (Å²) < 4.78 is 6.02. The highest BCUT2D eigenvalue weighted by molar-refractivity contribution is 7.09.